The zero-order chi connectivity index (χ0) is 14.5. The molecule has 1 nitrogen and oxygen atoms in total. The van der Waals surface area contributed by atoms with Gasteiger partial charge in [0, 0.05) is 16.9 Å². The molecule has 0 unspecified atom stereocenters. The van der Waals surface area contributed by atoms with Crippen LogP contribution < -0.4 is 0 Å². The fourth-order valence-corrected chi connectivity index (χ4v) is 4.07. The SMILES string of the molecule is CCCCc1oc(Sc2ccccc2)c2c1CCCCC2. The van der Waals surface area contributed by atoms with Gasteiger partial charge in [-0.15, -0.1) is 0 Å². The molecular formula is C19H24OS. The summed E-state index contributed by atoms with van der Waals surface area (Å²) in [4.78, 5) is 1.28. The van der Waals surface area contributed by atoms with Crippen LogP contribution in [0, 0.1) is 0 Å². The lowest BCUT2D eigenvalue weighted by Gasteiger charge is -2.02. The number of furan rings is 1. The van der Waals surface area contributed by atoms with Crippen LogP contribution in [0.4, 0.5) is 0 Å². The van der Waals surface area contributed by atoms with Gasteiger partial charge in [-0.1, -0.05) is 49.7 Å². The summed E-state index contributed by atoms with van der Waals surface area (Å²) in [5, 5.41) is 1.16. The first kappa shape index (κ1) is 14.8. The quantitative estimate of drug-likeness (QED) is 0.624. The van der Waals surface area contributed by atoms with Gasteiger partial charge >= 0.3 is 0 Å². The average molecular weight is 300 g/mol. The van der Waals surface area contributed by atoms with Gasteiger partial charge in [0.2, 0.25) is 0 Å². The minimum Gasteiger partial charge on any atom is -0.454 e. The molecule has 2 aromatic rings. The number of unbranched alkanes of at least 4 members (excludes halogenated alkanes) is 1. The zero-order valence-electron chi connectivity index (χ0n) is 12.9. The number of hydrogen-bond acceptors (Lipinski definition) is 2. The molecule has 0 aliphatic heterocycles. The Bertz CT molecular complexity index is 571. The summed E-state index contributed by atoms with van der Waals surface area (Å²) in [7, 11) is 0. The molecule has 1 aliphatic rings. The molecule has 21 heavy (non-hydrogen) atoms. The highest BCUT2D eigenvalue weighted by atomic mass is 32.2. The fraction of sp³-hybridized carbons (Fsp3) is 0.474. The first-order valence-corrected chi connectivity index (χ1v) is 9.06. The van der Waals surface area contributed by atoms with Gasteiger partial charge in [-0.2, -0.15) is 0 Å². The van der Waals surface area contributed by atoms with Gasteiger partial charge in [0.25, 0.3) is 0 Å². The Hall–Kier alpha value is -1.15. The Balaban J connectivity index is 1.90. The van der Waals surface area contributed by atoms with E-state index in [0.717, 1.165) is 11.5 Å². The van der Waals surface area contributed by atoms with E-state index < -0.39 is 0 Å². The van der Waals surface area contributed by atoms with Crippen molar-refractivity contribution in [2.24, 2.45) is 0 Å². The standard InChI is InChI=1S/C19H24OS/c1-2-3-14-18-16-12-8-5-9-13-17(16)19(20-18)21-15-10-6-4-7-11-15/h4,6-7,10-11H,2-3,5,8-9,12-14H2,1H3. The Morgan fingerprint density at radius 1 is 1.00 bits per heavy atom. The number of fused-ring (bicyclic) bond motifs is 1. The summed E-state index contributed by atoms with van der Waals surface area (Å²) in [6.45, 7) is 2.25. The number of hydrogen-bond donors (Lipinski definition) is 0. The molecule has 0 radical (unpaired) electrons. The maximum Gasteiger partial charge on any atom is 0.168 e. The second kappa shape index (κ2) is 7.22. The van der Waals surface area contributed by atoms with Gasteiger partial charge in [-0.05, 0) is 49.8 Å². The normalized spacial score (nSPS) is 14.7. The summed E-state index contributed by atoms with van der Waals surface area (Å²) in [5.74, 6) is 1.27. The smallest absolute Gasteiger partial charge is 0.168 e. The maximum absolute atomic E-state index is 6.29. The van der Waals surface area contributed by atoms with E-state index in [1.807, 2.05) is 0 Å². The van der Waals surface area contributed by atoms with Gasteiger partial charge < -0.3 is 4.42 Å². The van der Waals surface area contributed by atoms with Gasteiger partial charge in [0.15, 0.2) is 5.09 Å². The van der Waals surface area contributed by atoms with E-state index in [2.05, 4.69) is 37.3 Å². The van der Waals surface area contributed by atoms with Crippen molar-refractivity contribution in [1.29, 1.82) is 0 Å². The molecule has 0 amide bonds. The number of rotatable bonds is 5. The summed E-state index contributed by atoms with van der Waals surface area (Å²) in [6.07, 6.45) is 9.97. The van der Waals surface area contributed by atoms with Crippen molar-refractivity contribution < 1.29 is 4.42 Å². The summed E-state index contributed by atoms with van der Waals surface area (Å²) in [5.41, 5.74) is 3.05. The molecule has 0 atom stereocenters. The molecule has 0 N–H and O–H groups in total. The van der Waals surface area contributed by atoms with E-state index >= 15 is 0 Å². The van der Waals surface area contributed by atoms with Gasteiger partial charge in [0.1, 0.15) is 5.76 Å². The highest BCUT2D eigenvalue weighted by molar-refractivity contribution is 7.99. The van der Waals surface area contributed by atoms with Crippen molar-refractivity contribution in [3.05, 3.63) is 47.2 Å². The molecule has 1 heterocycles. The number of benzene rings is 1. The first-order chi connectivity index (χ1) is 10.4. The minimum atomic E-state index is 1.11. The van der Waals surface area contributed by atoms with E-state index in [-0.39, 0.29) is 0 Å². The number of aryl methyl sites for hydroxylation is 1. The Morgan fingerprint density at radius 2 is 1.76 bits per heavy atom. The monoisotopic (exact) mass is 300 g/mol. The molecule has 0 bridgehead atoms. The van der Waals surface area contributed by atoms with E-state index in [1.165, 1.54) is 61.2 Å². The lowest BCUT2D eigenvalue weighted by Crippen LogP contribution is -1.92. The van der Waals surface area contributed by atoms with Crippen LogP contribution in [0.5, 0.6) is 0 Å². The minimum absolute atomic E-state index is 1.11. The van der Waals surface area contributed by atoms with E-state index in [4.69, 9.17) is 4.42 Å². The van der Waals surface area contributed by atoms with Gasteiger partial charge in [-0.3, -0.25) is 0 Å². The van der Waals surface area contributed by atoms with E-state index in [0.29, 0.717) is 0 Å². The molecule has 1 aliphatic carbocycles. The predicted molar refractivity (Wildman–Crippen MR) is 89.1 cm³/mol. The van der Waals surface area contributed by atoms with Crippen LogP contribution in [0.2, 0.25) is 0 Å². The molecular weight excluding hydrogens is 276 g/mol. The van der Waals surface area contributed by atoms with Crippen LogP contribution in [-0.4, -0.2) is 0 Å². The molecule has 1 aromatic carbocycles. The second-order valence-electron chi connectivity index (χ2n) is 5.85. The van der Waals surface area contributed by atoms with Crippen LogP contribution in [-0.2, 0) is 19.3 Å². The van der Waals surface area contributed by atoms with Crippen molar-refractivity contribution in [3.63, 3.8) is 0 Å². The van der Waals surface area contributed by atoms with E-state index in [1.54, 1.807) is 17.3 Å². The Morgan fingerprint density at radius 3 is 2.52 bits per heavy atom. The summed E-state index contributed by atoms with van der Waals surface area (Å²) < 4.78 is 6.29. The highest BCUT2D eigenvalue weighted by Gasteiger charge is 2.21. The van der Waals surface area contributed by atoms with Crippen LogP contribution in [0.15, 0.2) is 44.7 Å². The molecule has 0 spiro atoms. The average Bonchev–Trinajstić information content (AvgIpc) is 2.69. The van der Waals surface area contributed by atoms with Crippen LogP contribution >= 0.6 is 11.8 Å². The fourth-order valence-electron chi connectivity index (χ4n) is 3.07. The molecule has 0 saturated carbocycles. The second-order valence-corrected chi connectivity index (χ2v) is 6.90. The lowest BCUT2D eigenvalue weighted by atomic mass is 10.0. The van der Waals surface area contributed by atoms with Crippen molar-refractivity contribution in [1.82, 2.24) is 0 Å². The third-order valence-electron chi connectivity index (χ3n) is 4.23. The predicted octanol–water partition coefficient (Wildman–Crippen LogP) is 6.04. The van der Waals surface area contributed by atoms with Crippen LogP contribution in [0.3, 0.4) is 0 Å². The third-order valence-corrected chi connectivity index (χ3v) is 5.25. The van der Waals surface area contributed by atoms with Crippen molar-refractivity contribution >= 4 is 11.8 Å². The molecule has 2 heteroatoms. The van der Waals surface area contributed by atoms with E-state index in [9.17, 15) is 0 Å². The third kappa shape index (κ3) is 3.55. The molecule has 0 saturated heterocycles. The van der Waals surface area contributed by atoms with Crippen LogP contribution in [0.1, 0.15) is 55.9 Å². The zero-order valence-corrected chi connectivity index (χ0v) is 13.7. The summed E-state index contributed by atoms with van der Waals surface area (Å²) >= 11 is 1.80. The largest absolute Gasteiger partial charge is 0.454 e. The topological polar surface area (TPSA) is 13.1 Å². The lowest BCUT2D eigenvalue weighted by molar-refractivity contribution is 0.418. The first-order valence-electron chi connectivity index (χ1n) is 8.24. The molecule has 1 aromatic heterocycles. The van der Waals surface area contributed by atoms with Crippen LogP contribution in [0.25, 0.3) is 0 Å². The molecule has 112 valence electrons. The van der Waals surface area contributed by atoms with Gasteiger partial charge in [-0.25, -0.2) is 0 Å². The summed E-state index contributed by atoms with van der Waals surface area (Å²) in [6, 6.07) is 10.6. The van der Waals surface area contributed by atoms with Crippen molar-refractivity contribution in [2.45, 2.75) is 68.3 Å². The molecule has 0 fully saturated rings. The Labute approximate surface area is 132 Å². The maximum atomic E-state index is 6.29. The highest BCUT2D eigenvalue weighted by Crippen LogP contribution is 2.39. The van der Waals surface area contributed by atoms with Gasteiger partial charge in [0.05, 0.1) is 0 Å². The van der Waals surface area contributed by atoms with Crippen molar-refractivity contribution in [3.8, 4) is 0 Å². The molecule has 3 rings (SSSR count). The van der Waals surface area contributed by atoms with Crippen molar-refractivity contribution in [2.75, 3.05) is 0 Å². The Kier molecular flexibility index (Phi) is 5.08.